The summed E-state index contributed by atoms with van der Waals surface area (Å²) in [5, 5.41) is 8.72. The molecule has 2 aromatic heterocycles. The van der Waals surface area contributed by atoms with Gasteiger partial charge in [-0.05, 0) is 67.4 Å². The zero-order chi connectivity index (χ0) is 36.3. The molecule has 0 N–H and O–H groups in total. The number of hydrogen-bond acceptors (Lipinski definition) is 4. The summed E-state index contributed by atoms with van der Waals surface area (Å²) in [4.78, 5) is 15.8. The molecule has 0 aliphatic rings. The lowest BCUT2D eigenvalue weighted by molar-refractivity contribution is 0.673. The molecular formula is C51H31N3O. The van der Waals surface area contributed by atoms with Crippen molar-refractivity contribution in [3.05, 3.63) is 188 Å². The molecule has 11 aromatic rings. The molecule has 55 heavy (non-hydrogen) atoms. The van der Waals surface area contributed by atoms with Crippen LogP contribution in [-0.2, 0) is 0 Å². The molecular weight excluding hydrogens is 671 g/mol. The Balaban J connectivity index is 1.17. The predicted molar refractivity (Wildman–Crippen MR) is 227 cm³/mol. The van der Waals surface area contributed by atoms with Crippen LogP contribution in [-0.4, -0.2) is 15.0 Å². The van der Waals surface area contributed by atoms with E-state index in [0.717, 1.165) is 71.3 Å². The van der Waals surface area contributed by atoms with E-state index >= 15 is 0 Å². The molecule has 0 aliphatic carbocycles. The van der Waals surface area contributed by atoms with Crippen LogP contribution >= 0.6 is 0 Å². The summed E-state index contributed by atoms with van der Waals surface area (Å²) in [5.74, 6) is 1.86. The summed E-state index contributed by atoms with van der Waals surface area (Å²) in [7, 11) is 0. The molecule has 9 aromatic carbocycles. The minimum atomic E-state index is 0.609. The first kappa shape index (κ1) is 31.1. The molecule has 0 radical (unpaired) electrons. The van der Waals surface area contributed by atoms with Gasteiger partial charge in [0.25, 0.3) is 0 Å². The van der Waals surface area contributed by atoms with Gasteiger partial charge < -0.3 is 4.42 Å². The van der Waals surface area contributed by atoms with Crippen LogP contribution in [0.25, 0.3) is 111 Å². The van der Waals surface area contributed by atoms with E-state index in [9.17, 15) is 0 Å². The van der Waals surface area contributed by atoms with Crippen LogP contribution in [0.1, 0.15) is 0 Å². The molecule has 0 bridgehead atoms. The fraction of sp³-hybridized carbons (Fsp3) is 0. The van der Waals surface area contributed by atoms with Gasteiger partial charge in [-0.15, -0.1) is 0 Å². The molecule has 0 unspecified atom stereocenters. The Bertz CT molecular complexity index is 3240. The maximum atomic E-state index is 6.73. The van der Waals surface area contributed by atoms with Gasteiger partial charge in [-0.3, -0.25) is 0 Å². The van der Waals surface area contributed by atoms with Crippen LogP contribution < -0.4 is 0 Å². The third-order valence-electron chi connectivity index (χ3n) is 10.7. The maximum Gasteiger partial charge on any atom is 0.164 e. The summed E-state index contributed by atoms with van der Waals surface area (Å²) in [6, 6.07) is 65.6. The highest BCUT2D eigenvalue weighted by molar-refractivity contribution is 6.22. The van der Waals surface area contributed by atoms with Crippen LogP contribution in [0.3, 0.4) is 0 Å². The zero-order valence-electron chi connectivity index (χ0n) is 29.6. The third kappa shape index (κ3) is 5.19. The van der Waals surface area contributed by atoms with E-state index in [1.165, 1.54) is 21.9 Å². The monoisotopic (exact) mass is 701 g/mol. The van der Waals surface area contributed by atoms with Crippen molar-refractivity contribution in [2.45, 2.75) is 0 Å². The minimum Gasteiger partial charge on any atom is -0.455 e. The average molecular weight is 702 g/mol. The Morgan fingerprint density at radius 3 is 1.56 bits per heavy atom. The van der Waals surface area contributed by atoms with Crippen molar-refractivity contribution in [2.75, 3.05) is 0 Å². The van der Waals surface area contributed by atoms with Crippen LogP contribution in [0.2, 0.25) is 0 Å². The molecule has 0 aliphatic heterocycles. The van der Waals surface area contributed by atoms with E-state index in [0.29, 0.717) is 17.5 Å². The number of aromatic nitrogens is 3. The van der Waals surface area contributed by atoms with Crippen molar-refractivity contribution in [1.29, 1.82) is 0 Å². The van der Waals surface area contributed by atoms with E-state index < -0.39 is 0 Å². The summed E-state index contributed by atoms with van der Waals surface area (Å²) in [6.07, 6.45) is 0. The Kier molecular flexibility index (Phi) is 7.14. The third-order valence-corrected chi connectivity index (χ3v) is 10.7. The molecule has 4 heteroatoms. The molecule has 0 fully saturated rings. The van der Waals surface area contributed by atoms with Gasteiger partial charge in [-0.25, -0.2) is 15.0 Å². The highest BCUT2D eigenvalue weighted by Crippen LogP contribution is 2.43. The van der Waals surface area contributed by atoms with E-state index in [1.54, 1.807) is 0 Å². The molecule has 2 heterocycles. The van der Waals surface area contributed by atoms with Gasteiger partial charge in [0.15, 0.2) is 17.5 Å². The first-order valence-electron chi connectivity index (χ1n) is 18.5. The summed E-state index contributed by atoms with van der Waals surface area (Å²) in [5.41, 5.74) is 9.12. The fourth-order valence-electron chi connectivity index (χ4n) is 8.12. The van der Waals surface area contributed by atoms with Gasteiger partial charge in [-0.1, -0.05) is 170 Å². The first-order valence-corrected chi connectivity index (χ1v) is 18.5. The second kappa shape index (κ2) is 12.6. The molecule has 0 saturated carbocycles. The van der Waals surface area contributed by atoms with Gasteiger partial charge in [0.2, 0.25) is 0 Å². The molecule has 0 amide bonds. The topological polar surface area (TPSA) is 51.8 Å². The zero-order valence-corrected chi connectivity index (χ0v) is 29.6. The molecule has 256 valence electrons. The van der Waals surface area contributed by atoms with Crippen molar-refractivity contribution < 1.29 is 4.42 Å². The number of furan rings is 1. The van der Waals surface area contributed by atoms with Gasteiger partial charge >= 0.3 is 0 Å². The Morgan fingerprint density at radius 1 is 0.309 bits per heavy atom. The minimum absolute atomic E-state index is 0.609. The van der Waals surface area contributed by atoms with Crippen LogP contribution in [0.5, 0.6) is 0 Å². The fourth-order valence-corrected chi connectivity index (χ4v) is 8.12. The molecule has 0 saturated heterocycles. The summed E-state index contributed by atoms with van der Waals surface area (Å²) < 4.78 is 6.73. The second-order valence-corrected chi connectivity index (χ2v) is 13.9. The molecule has 4 nitrogen and oxygen atoms in total. The highest BCUT2D eigenvalue weighted by atomic mass is 16.3. The van der Waals surface area contributed by atoms with Crippen LogP contribution in [0, 0.1) is 0 Å². The lowest BCUT2D eigenvalue weighted by Crippen LogP contribution is -2.01. The quantitative estimate of drug-likeness (QED) is 0.168. The lowest BCUT2D eigenvalue weighted by Gasteiger charge is -2.13. The Hall–Kier alpha value is -7.43. The number of hydrogen-bond donors (Lipinski definition) is 0. The van der Waals surface area contributed by atoms with Crippen molar-refractivity contribution in [2.24, 2.45) is 0 Å². The SMILES string of the molecule is c1ccc(-c2ccc(-c3cccc4oc5c6ccccc6c(-c6nc(-c7ccccc7)nc(-c7cc8ccccc8c8ccccc78)n6)cc5c34)cc2)cc1. The number of benzene rings is 9. The van der Waals surface area contributed by atoms with Crippen molar-refractivity contribution in [3.63, 3.8) is 0 Å². The summed E-state index contributed by atoms with van der Waals surface area (Å²) in [6.45, 7) is 0. The van der Waals surface area contributed by atoms with Crippen molar-refractivity contribution in [3.8, 4) is 56.4 Å². The van der Waals surface area contributed by atoms with Gasteiger partial charge in [-0.2, -0.15) is 0 Å². The van der Waals surface area contributed by atoms with Gasteiger partial charge in [0, 0.05) is 32.8 Å². The van der Waals surface area contributed by atoms with E-state index in [4.69, 9.17) is 19.4 Å². The Morgan fingerprint density at radius 2 is 0.836 bits per heavy atom. The van der Waals surface area contributed by atoms with Gasteiger partial charge in [0.05, 0.1) is 0 Å². The van der Waals surface area contributed by atoms with Crippen molar-refractivity contribution >= 4 is 54.3 Å². The predicted octanol–water partition coefficient (Wildman–Crippen LogP) is 13.6. The average Bonchev–Trinajstić information content (AvgIpc) is 3.66. The van der Waals surface area contributed by atoms with E-state index in [-0.39, 0.29) is 0 Å². The normalized spacial score (nSPS) is 11.6. The number of rotatable bonds is 5. The number of fused-ring (bicyclic) bond motifs is 8. The molecule has 0 spiro atoms. The van der Waals surface area contributed by atoms with Crippen molar-refractivity contribution in [1.82, 2.24) is 15.0 Å². The van der Waals surface area contributed by atoms with Crippen LogP contribution in [0.15, 0.2) is 192 Å². The van der Waals surface area contributed by atoms with E-state index in [2.05, 4.69) is 164 Å². The summed E-state index contributed by atoms with van der Waals surface area (Å²) >= 11 is 0. The standard InChI is InChI=1S/C51H31N3O/c1-3-14-32(15-4-1)33-26-28-34(29-27-33)38-24-13-25-46-47(38)45-31-44(41-22-11-12-23-42(41)48(45)55-46)51-53-49(35-16-5-2-6-17-35)52-50(54-51)43-30-36-18-7-8-19-37(36)39-20-9-10-21-40(39)43/h1-31H. The maximum absolute atomic E-state index is 6.73. The smallest absolute Gasteiger partial charge is 0.164 e. The Labute approximate surface area is 317 Å². The number of nitrogens with zero attached hydrogens (tertiary/aromatic N) is 3. The second-order valence-electron chi connectivity index (χ2n) is 13.9. The van der Waals surface area contributed by atoms with Gasteiger partial charge in [0.1, 0.15) is 11.2 Å². The van der Waals surface area contributed by atoms with Crippen LogP contribution in [0.4, 0.5) is 0 Å². The molecule has 11 rings (SSSR count). The largest absolute Gasteiger partial charge is 0.455 e. The highest BCUT2D eigenvalue weighted by Gasteiger charge is 2.21. The first-order chi connectivity index (χ1) is 27.3. The molecule has 0 atom stereocenters. The lowest BCUT2D eigenvalue weighted by atomic mass is 9.94. The van der Waals surface area contributed by atoms with E-state index in [1.807, 2.05) is 24.3 Å².